The Morgan fingerprint density at radius 3 is 2.86 bits per heavy atom. The molecule has 3 rings (SSSR count). The van der Waals surface area contributed by atoms with Gasteiger partial charge in [-0.25, -0.2) is 9.50 Å². The lowest BCUT2D eigenvalue weighted by Gasteiger charge is -2.15. The number of nitrogens with one attached hydrogen (secondary N) is 1. The molecule has 21 heavy (non-hydrogen) atoms. The molecule has 0 bridgehead atoms. The number of aromatic nitrogens is 3. The summed E-state index contributed by atoms with van der Waals surface area (Å²) in [7, 11) is 0. The molecular weight excluding hydrogens is 266 g/mol. The highest BCUT2D eigenvalue weighted by Gasteiger charge is 2.18. The summed E-state index contributed by atoms with van der Waals surface area (Å²) in [6.07, 6.45) is 5.75. The van der Waals surface area contributed by atoms with Gasteiger partial charge in [0.2, 0.25) is 5.91 Å². The van der Waals surface area contributed by atoms with Crippen molar-refractivity contribution in [1.82, 2.24) is 19.5 Å². The van der Waals surface area contributed by atoms with E-state index in [4.69, 9.17) is 0 Å². The van der Waals surface area contributed by atoms with E-state index in [0.29, 0.717) is 11.7 Å². The van der Waals surface area contributed by atoms with E-state index in [-0.39, 0.29) is 12.5 Å². The van der Waals surface area contributed by atoms with E-state index >= 15 is 0 Å². The molecule has 2 aromatic rings. The van der Waals surface area contributed by atoms with E-state index in [1.807, 2.05) is 21.7 Å². The van der Waals surface area contributed by atoms with Crippen molar-refractivity contribution < 1.29 is 4.79 Å². The summed E-state index contributed by atoms with van der Waals surface area (Å²) >= 11 is 0. The number of amides is 1. The molecule has 6 nitrogen and oxygen atoms in total. The first-order valence-electron chi connectivity index (χ1n) is 7.51. The zero-order chi connectivity index (χ0) is 14.8. The van der Waals surface area contributed by atoms with Gasteiger partial charge in [0.1, 0.15) is 5.52 Å². The van der Waals surface area contributed by atoms with Gasteiger partial charge in [-0.3, -0.25) is 4.79 Å². The van der Waals surface area contributed by atoms with Gasteiger partial charge in [0.05, 0.1) is 12.2 Å². The van der Waals surface area contributed by atoms with Gasteiger partial charge in [-0.15, -0.1) is 0 Å². The highest BCUT2D eigenvalue weighted by Crippen LogP contribution is 2.19. The molecule has 0 spiro atoms. The lowest BCUT2D eigenvalue weighted by atomic mass is 10.1. The molecule has 0 unspecified atom stereocenters. The van der Waals surface area contributed by atoms with Crippen LogP contribution in [0, 0.1) is 0 Å². The lowest BCUT2D eigenvalue weighted by molar-refractivity contribution is -0.128. The minimum absolute atomic E-state index is 0.139. The van der Waals surface area contributed by atoms with Gasteiger partial charge in [0, 0.05) is 25.5 Å². The molecule has 1 N–H and O–H groups in total. The van der Waals surface area contributed by atoms with Gasteiger partial charge in [-0.05, 0) is 24.8 Å². The van der Waals surface area contributed by atoms with Crippen LogP contribution in [0.15, 0.2) is 18.5 Å². The summed E-state index contributed by atoms with van der Waals surface area (Å²) in [5, 5.41) is 7.67. The summed E-state index contributed by atoms with van der Waals surface area (Å²) in [5.74, 6) is 1.22. The van der Waals surface area contributed by atoms with E-state index in [9.17, 15) is 4.79 Å². The van der Waals surface area contributed by atoms with E-state index in [2.05, 4.69) is 29.2 Å². The van der Waals surface area contributed by atoms with Crippen molar-refractivity contribution in [3.8, 4) is 0 Å². The van der Waals surface area contributed by atoms with Crippen LogP contribution in [0.5, 0.6) is 0 Å². The largest absolute Gasteiger partial charge is 0.359 e. The molecule has 6 heteroatoms. The number of anilines is 1. The second-order valence-electron chi connectivity index (χ2n) is 5.77. The number of rotatable bonds is 4. The van der Waals surface area contributed by atoms with Gasteiger partial charge in [0.25, 0.3) is 0 Å². The summed E-state index contributed by atoms with van der Waals surface area (Å²) in [4.78, 5) is 18.3. The molecule has 0 aromatic carbocycles. The Balaban J connectivity index is 1.75. The van der Waals surface area contributed by atoms with Crippen molar-refractivity contribution in [3.05, 3.63) is 24.2 Å². The van der Waals surface area contributed by atoms with E-state index < -0.39 is 0 Å². The topological polar surface area (TPSA) is 62.5 Å². The number of fused-ring (bicyclic) bond motifs is 1. The van der Waals surface area contributed by atoms with Crippen molar-refractivity contribution >= 4 is 17.2 Å². The Bertz CT molecular complexity index is 643. The summed E-state index contributed by atoms with van der Waals surface area (Å²) < 4.78 is 1.81. The van der Waals surface area contributed by atoms with Gasteiger partial charge >= 0.3 is 0 Å². The predicted molar refractivity (Wildman–Crippen MR) is 81.4 cm³/mol. The molecule has 1 aliphatic rings. The monoisotopic (exact) mass is 287 g/mol. The summed E-state index contributed by atoms with van der Waals surface area (Å²) in [5.41, 5.74) is 1.94. The molecule has 0 aliphatic carbocycles. The van der Waals surface area contributed by atoms with Gasteiger partial charge in [-0.1, -0.05) is 13.8 Å². The third-order valence-electron chi connectivity index (χ3n) is 3.87. The second-order valence-corrected chi connectivity index (χ2v) is 5.77. The van der Waals surface area contributed by atoms with Crippen molar-refractivity contribution in [2.24, 2.45) is 0 Å². The molecular formula is C15H21N5O. The molecule has 1 saturated heterocycles. The Morgan fingerprint density at radius 2 is 2.14 bits per heavy atom. The smallest absolute Gasteiger partial charge is 0.241 e. The molecule has 2 aromatic heterocycles. The number of nitrogens with zero attached hydrogens (tertiary/aromatic N) is 4. The summed E-state index contributed by atoms with van der Waals surface area (Å²) in [6, 6.07) is 2.03. The molecule has 1 amide bonds. The Labute approximate surface area is 124 Å². The van der Waals surface area contributed by atoms with Crippen molar-refractivity contribution in [1.29, 1.82) is 0 Å². The Hall–Kier alpha value is -2.11. The second kappa shape index (κ2) is 5.71. The number of likely N-dealkylation sites (tertiary alicyclic amines) is 1. The fourth-order valence-corrected chi connectivity index (χ4v) is 2.60. The van der Waals surface area contributed by atoms with Crippen molar-refractivity contribution in [2.45, 2.75) is 32.6 Å². The van der Waals surface area contributed by atoms with Crippen molar-refractivity contribution in [3.63, 3.8) is 0 Å². The summed E-state index contributed by atoms with van der Waals surface area (Å²) in [6.45, 7) is 6.26. The van der Waals surface area contributed by atoms with Crippen LogP contribution in [0.2, 0.25) is 0 Å². The maximum atomic E-state index is 12.1. The maximum absolute atomic E-state index is 12.1. The van der Waals surface area contributed by atoms with Crippen molar-refractivity contribution in [2.75, 3.05) is 25.0 Å². The molecule has 0 atom stereocenters. The van der Waals surface area contributed by atoms with Gasteiger partial charge < -0.3 is 10.2 Å². The molecule has 112 valence electrons. The van der Waals surface area contributed by atoms with Crippen LogP contribution in [0.4, 0.5) is 5.82 Å². The van der Waals surface area contributed by atoms with E-state index in [0.717, 1.165) is 37.1 Å². The Morgan fingerprint density at radius 1 is 1.38 bits per heavy atom. The highest BCUT2D eigenvalue weighted by atomic mass is 16.2. The molecule has 1 aliphatic heterocycles. The fraction of sp³-hybridized carbons (Fsp3) is 0.533. The van der Waals surface area contributed by atoms with Gasteiger partial charge in [0.15, 0.2) is 5.82 Å². The third-order valence-corrected chi connectivity index (χ3v) is 3.87. The van der Waals surface area contributed by atoms with Crippen LogP contribution in [0.25, 0.3) is 5.52 Å². The highest BCUT2D eigenvalue weighted by molar-refractivity contribution is 5.82. The molecule has 0 saturated carbocycles. The van der Waals surface area contributed by atoms with Crippen LogP contribution >= 0.6 is 0 Å². The first-order chi connectivity index (χ1) is 10.1. The third kappa shape index (κ3) is 2.84. The molecule has 3 heterocycles. The van der Waals surface area contributed by atoms with Gasteiger partial charge in [-0.2, -0.15) is 5.10 Å². The average Bonchev–Trinajstić information content (AvgIpc) is 3.13. The average molecular weight is 287 g/mol. The van der Waals surface area contributed by atoms with Crippen LogP contribution in [0.3, 0.4) is 0 Å². The number of hydrogen-bond acceptors (Lipinski definition) is 4. The SMILES string of the molecule is CC(C)c1cc2c(NCC(=O)N3CCCC3)nccn2n1. The lowest BCUT2D eigenvalue weighted by Crippen LogP contribution is -2.33. The minimum atomic E-state index is 0.139. The molecule has 1 fully saturated rings. The predicted octanol–water partition coefficient (Wildman–Crippen LogP) is 1.89. The Kier molecular flexibility index (Phi) is 3.77. The molecule has 0 radical (unpaired) electrons. The quantitative estimate of drug-likeness (QED) is 0.932. The fourth-order valence-electron chi connectivity index (χ4n) is 2.60. The maximum Gasteiger partial charge on any atom is 0.241 e. The normalized spacial score (nSPS) is 15.1. The van der Waals surface area contributed by atoms with Crippen LogP contribution < -0.4 is 5.32 Å². The number of hydrogen-bond donors (Lipinski definition) is 1. The van der Waals surface area contributed by atoms with E-state index in [1.165, 1.54) is 0 Å². The standard InChI is InChI=1S/C15H21N5O/c1-11(2)12-9-13-15(16-5-8-20(13)18-12)17-10-14(21)19-6-3-4-7-19/h5,8-9,11H,3-4,6-7,10H2,1-2H3,(H,16,17). The van der Waals surface area contributed by atoms with Crippen LogP contribution in [-0.4, -0.2) is 45.0 Å². The first kappa shape index (κ1) is 13.9. The number of carbonyl (C=O) groups is 1. The first-order valence-corrected chi connectivity index (χ1v) is 7.51. The van der Waals surface area contributed by atoms with Crippen LogP contribution in [-0.2, 0) is 4.79 Å². The zero-order valence-electron chi connectivity index (χ0n) is 12.5. The zero-order valence-corrected chi connectivity index (χ0v) is 12.5. The van der Waals surface area contributed by atoms with Crippen LogP contribution in [0.1, 0.15) is 38.3 Å². The van der Waals surface area contributed by atoms with E-state index in [1.54, 1.807) is 6.20 Å². The minimum Gasteiger partial charge on any atom is -0.359 e. The number of carbonyl (C=O) groups excluding carboxylic acids is 1.